The predicted molar refractivity (Wildman–Crippen MR) is 69.4 cm³/mol. The molecule has 1 fully saturated rings. The van der Waals surface area contributed by atoms with Crippen LogP contribution in [0.2, 0.25) is 0 Å². The zero-order valence-corrected chi connectivity index (χ0v) is 10.4. The molecule has 3 nitrogen and oxygen atoms in total. The summed E-state index contributed by atoms with van der Waals surface area (Å²) < 4.78 is 5.74. The van der Waals surface area contributed by atoms with Crippen molar-refractivity contribution in [1.29, 1.82) is 0 Å². The Kier molecular flexibility index (Phi) is 4.54. The van der Waals surface area contributed by atoms with E-state index in [2.05, 4.69) is 36.6 Å². The van der Waals surface area contributed by atoms with Crippen molar-refractivity contribution >= 4 is 0 Å². The average molecular weight is 234 g/mol. The third-order valence-corrected chi connectivity index (χ3v) is 3.69. The van der Waals surface area contributed by atoms with Crippen LogP contribution in [0.5, 0.6) is 0 Å². The van der Waals surface area contributed by atoms with Crippen LogP contribution >= 0.6 is 0 Å². The Morgan fingerprint density at radius 2 is 2.18 bits per heavy atom. The first kappa shape index (κ1) is 12.6. The summed E-state index contributed by atoms with van der Waals surface area (Å²) >= 11 is 0. The molecule has 3 heteroatoms. The number of benzene rings is 1. The van der Waals surface area contributed by atoms with Gasteiger partial charge in [-0.25, -0.2) is 0 Å². The van der Waals surface area contributed by atoms with E-state index in [4.69, 9.17) is 10.6 Å². The van der Waals surface area contributed by atoms with Crippen molar-refractivity contribution in [2.24, 2.45) is 11.8 Å². The molecule has 1 aliphatic heterocycles. The molecular weight excluding hydrogens is 212 g/mol. The van der Waals surface area contributed by atoms with Gasteiger partial charge in [-0.15, -0.1) is 0 Å². The molecule has 0 saturated carbocycles. The van der Waals surface area contributed by atoms with E-state index in [-0.39, 0.29) is 0 Å². The molecule has 3 unspecified atom stereocenters. The van der Waals surface area contributed by atoms with Crippen molar-refractivity contribution in [3.8, 4) is 0 Å². The van der Waals surface area contributed by atoms with E-state index in [0.29, 0.717) is 18.1 Å². The van der Waals surface area contributed by atoms with Crippen molar-refractivity contribution in [3.05, 3.63) is 35.9 Å². The maximum atomic E-state index is 5.74. The van der Waals surface area contributed by atoms with Crippen LogP contribution in [0.25, 0.3) is 0 Å². The molecule has 1 aromatic carbocycles. The Bertz CT molecular complexity index is 328. The molecule has 0 aromatic heterocycles. The number of rotatable bonds is 5. The van der Waals surface area contributed by atoms with Gasteiger partial charge in [0.05, 0.1) is 6.10 Å². The topological polar surface area (TPSA) is 47.3 Å². The molecule has 1 heterocycles. The monoisotopic (exact) mass is 234 g/mol. The lowest BCUT2D eigenvalue weighted by Crippen LogP contribution is -2.45. The van der Waals surface area contributed by atoms with Gasteiger partial charge in [0.2, 0.25) is 0 Å². The fraction of sp³-hybridized carbons (Fsp3) is 0.571. The largest absolute Gasteiger partial charge is 0.378 e. The summed E-state index contributed by atoms with van der Waals surface area (Å²) in [7, 11) is 0. The molecule has 1 aliphatic rings. The predicted octanol–water partition coefficient (Wildman–Crippen LogP) is 1.88. The van der Waals surface area contributed by atoms with E-state index in [1.54, 1.807) is 0 Å². The van der Waals surface area contributed by atoms with E-state index < -0.39 is 0 Å². The van der Waals surface area contributed by atoms with Gasteiger partial charge in [-0.3, -0.25) is 11.3 Å². The van der Waals surface area contributed by atoms with Crippen LogP contribution in [0.15, 0.2) is 30.3 Å². The second-order valence-electron chi connectivity index (χ2n) is 4.73. The lowest BCUT2D eigenvalue weighted by atomic mass is 9.88. The summed E-state index contributed by atoms with van der Waals surface area (Å²) in [5.41, 5.74) is 4.31. The molecule has 2 rings (SSSR count). The molecule has 94 valence electrons. The maximum Gasteiger partial charge on any atom is 0.0617 e. The van der Waals surface area contributed by atoms with Crippen LogP contribution in [0, 0.1) is 5.92 Å². The first-order chi connectivity index (χ1) is 8.35. The van der Waals surface area contributed by atoms with E-state index in [1.165, 1.54) is 5.56 Å². The Labute approximate surface area is 103 Å². The second-order valence-corrected chi connectivity index (χ2v) is 4.73. The summed E-state index contributed by atoms with van der Waals surface area (Å²) in [4.78, 5) is 0. The van der Waals surface area contributed by atoms with Crippen molar-refractivity contribution < 1.29 is 4.74 Å². The number of hydrogen-bond donors (Lipinski definition) is 2. The quantitative estimate of drug-likeness (QED) is 0.604. The Hall–Kier alpha value is -0.900. The molecule has 17 heavy (non-hydrogen) atoms. The van der Waals surface area contributed by atoms with E-state index in [0.717, 1.165) is 25.9 Å². The normalized spacial score (nSPS) is 26.0. The molecule has 0 bridgehead atoms. The standard InChI is InChI=1S/C14H22N2O/c1-2-14-12(8-9-17-14)13(16-15)10-11-6-4-3-5-7-11/h3-7,12-14,16H,2,8-10,15H2,1H3. The number of nitrogens with two attached hydrogens (primary N) is 1. The summed E-state index contributed by atoms with van der Waals surface area (Å²) in [5.74, 6) is 6.24. The highest BCUT2D eigenvalue weighted by molar-refractivity contribution is 5.16. The SMILES string of the molecule is CCC1OCCC1C(Cc1ccccc1)NN. The molecule has 1 saturated heterocycles. The van der Waals surface area contributed by atoms with Crippen LogP contribution in [-0.4, -0.2) is 18.8 Å². The van der Waals surface area contributed by atoms with Gasteiger partial charge in [0, 0.05) is 18.6 Å². The number of nitrogens with one attached hydrogen (secondary N) is 1. The molecule has 0 radical (unpaired) electrons. The minimum Gasteiger partial charge on any atom is -0.378 e. The van der Waals surface area contributed by atoms with Crippen LogP contribution in [0.3, 0.4) is 0 Å². The van der Waals surface area contributed by atoms with Gasteiger partial charge in [-0.2, -0.15) is 0 Å². The first-order valence-corrected chi connectivity index (χ1v) is 6.46. The van der Waals surface area contributed by atoms with E-state index >= 15 is 0 Å². The van der Waals surface area contributed by atoms with Gasteiger partial charge in [0.1, 0.15) is 0 Å². The smallest absolute Gasteiger partial charge is 0.0617 e. The molecule has 0 spiro atoms. The van der Waals surface area contributed by atoms with Gasteiger partial charge in [-0.1, -0.05) is 37.3 Å². The lowest BCUT2D eigenvalue weighted by Gasteiger charge is -2.26. The molecule has 1 aromatic rings. The van der Waals surface area contributed by atoms with Crippen LogP contribution in [-0.2, 0) is 11.2 Å². The minimum atomic E-state index is 0.310. The van der Waals surface area contributed by atoms with Crippen molar-refractivity contribution in [2.75, 3.05) is 6.61 Å². The Morgan fingerprint density at radius 1 is 1.41 bits per heavy atom. The summed E-state index contributed by atoms with van der Waals surface area (Å²) in [6.45, 7) is 3.05. The summed E-state index contributed by atoms with van der Waals surface area (Å²) in [6.07, 6.45) is 3.51. The van der Waals surface area contributed by atoms with Crippen LogP contribution < -0.4 is 11.3 Å². The summed E-state index contributed by atoms with van der Waals surface area (Å²) in [5, 5.41) is 0. The average Bonchev–Trinajstić information content (AvgIpc) is 2.85. The lowest BCUT2D eigenvalue weighted by molar-refractivity contribution is 0.0775. The first-order valence-electron chi connectivity index (χ1n) is 6.46. The fourth-order valence-electron chi connectivity index (χ4n) is 2.75. The summed E-state index contributed by atoms with van der Waals surface area (Å²) in [6, 6.07) is 10.8. The third kappa shape index (κ3) is 3.06. The van der Waals surface area contributed by atoms with Crippen molar-refractivity contribution in [3.63, 3.8) is 0 Å². The highest BCUT2D eigenvalue weighted by atomic mass is 16.5. The molecular formula is C14H22N2O. The van der Waals surface area contributed by atoms with Gasteiger partial charge >= 0.3 is 0 Å². The number of hydrogen-bond acceptors (Lipinski definition) is 3. The van der Waals surface area contributed by atoms with E-state index in [9.17, 15) is 0 Å². The van der Waals surface area contributed by atoms with Gasteiger partial charge in [0.25, 0.3) is 0 Å². The van der Waals surface area contributed by atoms with Gasteiger partial charge in [-0.05, 0) is 24.8 Å². The maximum absolute atomic E-state index is 5.74. The molecule has 3 N–H and O–H groups in total. The highest BCUT2D eigenvalue weighted by Gasteiger charge is 2.32. The number of ether oxygens (including phenoxy) is 1. The third-order valence-electron chi connectivity index (χ3n) is 3.69. The second kappa shape index (κ2) is 6.15. The number of hydrazine groups is 1. The Morgan fingerprint density at radius 3 is 2.82 bits per heavy atom. The molecule has 0 aliphatic carbocycles. The zero-order valence-electron chi connectivity index (χ0n) is 10.4. The van der Waals surface area contributed by atoms with Crippen molar-refractivity contribution in [1.82, 2.24) is 5.43 Å². The van der Waals surface area contributed by atoms with Gasteiger partial charge < -0.3 is 4.74 Å². The molecule has 3 atom stereocenters. The zero-order chi connectivity index (χ0) is 12.1. The van der Waals surface area contributed by atoms with Crippen molar-refractivity contribution in [2.45, 2.75) is 38.3 Å². The molecule has 0 amide bonds. The van der Waals surface area contributed by atoms with Crippen LogP contribution in [0.4, 0.5) is 0 Å². The van der Waals surface area contributed by atoms with Crippen LogP contribution in [0.1, 0.15) is 25.3 Å². The fourth-order valence-corrected chi connectivity index (χ4v) is 2.75. The van der Waals surface area contributed by atoms with E-state index in [1.807, 2.05) is 6.07 Å². The van der Waals surface area contributed by atoms with Gasteiger partial charge in [0.15, 0.2) is 0 Å². The minimum absolute atomic E-state index is 0.310. The Balaban J connectivity index is 2.01. The highest BCUT2D eigenvalue weighted by Crippen LogP contribution is 2.27.